The van der Waals surface area contributed by atoms with Crippen LogP contribution >= 0.6 is 23.4 Å². The van der Waals surface area contributed by atoms with Gasteiger partial charge >= 0.3 is 0 Å². The molecule has 0 saturated carbocycles. The van der Waals surface area contributed by atoms with Crippen LogP contribution in [0.15, 0.2) is 58.5 Å². The topological polar surface area (TPSA) is 98.6 Å². The summed E-state index contributed by atoms with van der Waals surface area (Å²) < 4.78 is 0. The third-order valence-corrected chi connectivity index (χ3v) is 4.98. The smallest absolute Gasteiger partial charge is 0.270 e. The van der Waals surface area contributed by atoms with Crippen molar-refractivity contribution in [3.8, 4) is 17.3 Å². The Balaban J connectivity index is 1.79. The summed E-state index contributed by atoms with van der Waals surface area (Å²) in [6.45, 7) is 1.87. The van der Waals surface area contributed by atoms with Gasteiger partial charge in [0.15, 0.2) is 5.16 Å². The Morgan fingerprint density at radius 3 is 2.75 bits per heavy atom. The van der Waals surface area contributed by atoms with Crippen molar-refractivity contribution in [2.24, 2.45) is 0 Å². The Morgan fingerprint density at radius 2 is 2.04 bits per heavy atom. The number of halogens is 1. The van der Waals surface area contributed by atoms with E-state index in [0.717, 1.165) is 17.3 Å². The van der Waals surface area contributed by atoms with Gasteiger partial charge in [0.25, 0.3) is 5.56 Å². The first-order chi connectivity index (χ1) is 13.5. The van der Waals surface area contributed by atoms with Crippen molar-refractivity contribution < 1.29 is 4.79 Å². The highest BCUT2D eigenvalue weighted by Gasteiger charge is 2.14. The number of nitrogens with one attached hydrogen (secondary N) is 2. The van der Waals surface area contributed by atoms with E-state index in [4.69, 9.17) is 11.6 Å². The fraction of sp³-hybridized carbons (Fsp3) is 0.100. The third-order valence-electron chi connectivity index (χ3n) is 3.87. The quantitative estimate of drug-likeness (QED) is 0.489. The molecule has 0 bridgehead atoms. The van der Waals surface area contributed by atoms with Crippen LogP contribution in [0.4, 0.5) is 5.69 Å². The molecule has 0 aliphatic heterocycles. The number of aromatic nitrogens is 2. The fourth-order valence-electron chi connectivity index (χ4n) is 2.48. The van der Waals surface area contributed by atoms with Crippen LogP contribution in [-0.2, 0) is 4.79 Å². The first-order valence-electron chi connectivity index (χ1n) is 8.26. The van der Waals surface area contributed by atoms with Gasteiger partial charge in [0.1, 0.15) is 11.6 Å². The molecule has 0 spiro atoms. The van der Waals surface area contributed by atoms with Crippen LogP contribution in [0.25, 0.3) is 11.3 Å². The molecule has 3 aromatic rings. The van der Waals surface area contributed by atoms with E-state index in [-0.39, 0.29) is 22.4 Å². The summed E-state index contributed by atoms with van der Waals surface area (Å²) in [6, 6.07) is 16.1. The number of carbonyl (C=O) groups is 1. The zero-order valence-corrected chi connectivity index (χ0v) is 16.4. The predicted octanol–water partition coefficient (Wildman–Crippen LogP) is 4.00. The summed E-state index contributed by atoms with van der Waals surface area (Å²) in [7, 11) is 0. The number of H-pyrrole nitrogens is 1. The second-order valence-electron chi connectivity index (χ2n) is 5.87. The van der Waals surface area contributed by atoms with Crippen molar-refractivity contribution in [2.45, 2.75) is 12.1 Å². The van der Waals surface area contributed by atoms with Gasteiger partial charge in [-0.1, -0.05) is 59.8 Å². The van der Waals surface area contributed by atoms with Crippen LogP contribution < -0.4 is 10.9 Å². The predicted molar refractivity (Wildman–Crippen MR) is 111 cm³/mol. The normalized spacial score (nSPS) is 10.3. The number of hydrogen-bond acceptors (Lipinski definition) is 5. The summed E-state index contributed by atoms with van der Waals surface area (Å²) in [6.07, 6.45) is 0. The zero-order valence-electron chi connectivity index (χ0n) is 14.8. The molecule has 0 aliphatic carbocycles. The summed E-state index contributed by atoms with van der Waals surface area (Å²) in [4.78, 5) is 31.4. The van der Waals surface area contributed by atoms with E-state index >= 15 is 0 Å². The maximum atomic E-state index is 12.3. The van der Waals surface area contributed by atoms with Crippen molar-refractivity contribution in [1.29, 1.82) is 5.26 Å². The first-order valence-corrected chi connectivity index (χ1v) is 9.63. The Kier molecular flexibility index (Phi) is 6.14. The van der Waals surface area contributed by atoms with Gasteiger partial charge in [0, 0.05) is 16.3 Å². The van der Waals surface area contributed by atoms with Crippen LogP contribution in [0.1, 0.15) is 11.1 Å². The van der Waals surface area contributed by atoms with Gasteiger partial charge in [-0.3, -0.25) is 9.59 Å². The fourth-order valence-corrected chi connectivity index (χ4v) is 3.31. The largest absolute Gasteiger partial charge is 0.325 e. The van der Waals surface area contributed by atoms with Crippen LogP contribution in [0, 0.1) is 18.3 Å². The van der Waals surface area contributed by atoms with Gasteiger partial charge in [-0.2, -0.15) is 5.26 Å². The number of rotatable bonds is 5. The lowest BCUT2D eigenvalue weighted by Crippen LogP contribution is -2.17. The van der Waals surface area contributed by atoms with Gasteiger partial charge in [-0.05, 0) is 24.6 Å². The second-order valence-corrected chi connectivity index (χ2v) is 7.27. The summed E-state index contributed by atoms with van der Waals surface area (Å²) in [5.74, 6) is -0.224. The Morgan fingerprint density at radius 1 is 1.29 bits per heavy atom. The Bertz CT molecular complexity index is 1120. The van der Waals surface area contributed by atoms with Crippen LogP contribution in [0.5, 0.6) is 0 Å². The SMILES string of the molecule is Cc1ccc(Cl)cc1NC(=O)CSc1nc(-c2ccccc2)c(C#N)c(=O)[nH]1. The molecule has 2 aromatic carbocycles. The summed E-state index contributed by atoms with van der Waals surface area (Å²) in [5.41, 5.74) is 1.87. The minimum Gasteiger partial charge on any atom is -0.325 e. The molecular weight excluding hydrogens is 396 g/mol. The number of nitriles is 1. The second kappa shape index (κ2) is 8.74. The van der Waals surface area contributed by atoms with Crippen molar-refractivity contribution >= 4 is 35.0 Å². The number of thioether (sulfide) groups is 1. The van der Waals surface area contributed by atoms with Gasteiger partial charge in [-0.25, -0.2) is 4.98 Å². The van der Waals surface area contributed by atoms with Crippen molar-refractivity contribution in [3.05, 3.63) is 75.0 Å². The number of anilines is 1. The third kappa shape index (κ3) is 4.60. The first kappa shape index (κ1) is 19.7. The highest BCUT2D eigenvalue weighted by atomic mass is 35.5. The van der Waals surface area contributed by atoms with E-state index in [1.54, 1.807) is 36.4 Å². The molecule has 0 aliphatic rings. The van der Waals surface area contributed by atoms with E-state index < -0.39 is 5.56 Å². The lowest BCUT2D eigenvalue weighted by molar-refractivity contribution is -0.113. The van der Waals surface area contributed by atoms with Gasteiger partial charge < -0.3 is 10.3 Å². The highest BCUT2D eigenvalue weighted by molar-refractivity contribution is 7.99. The van der Waals surface area contributed by atoms with Crippen LogP contribution in [0.2, 0.25) is 5.02 Å². The number of hydrogen-bond donors (Lipinski definition) is 2. The number of amides is 1. The number of aryl methyl sites for hydroxylation is 1. The molecule has 0 radical (unpaired) electrons. The van der Waals surface area contributed by atoms with Gasteiger partial charge in [0.2, 0.25) is 5.91 Å². The van der Waals surface area contributed by atoms with Crippen molar-refractivity contribution in [1.82, 2.24) is 9.97 Å². The number of carbonyl (C=O) groups excluding carboxylic acids is 1. The number of aromatic amines is 1. The molecule has 0 saturated heterocycles. The van der Waals surface area contributed by atoms with E-state index in [9.17, 15) is 14.9 Å². The maximum Gasteiger partial charge on any atom is 0.270 e. The standard InChI is InChI=1S/C20H15ClN4O2S/c1-12-7-8-14(21)9-16(12)23-17(26)11-28-20-24-18(13-5-3-2-4-6-13)15(10-22)19(27)25-20/h2-9H,11H2,1H3,(H,23,26)(H,24,25,27). The molecule has 28 heavy (non-hydrogen) atoms. The van der Waals surface area contributed by atoms with E-state index in [2.05, 4.69) is 15.3 Å². The van der Waals surface area contributed by atoms with E-state index in [1.165, 1.54) is 0 Å². The molecule has 1 amide bonds. The molecule has 2 N–H and O–H groups in total. The number of nitrogens with zero attached hydrogens (tertiary/aromatic N) is 2. The molecule has 1 heterocycles. The van der Waals surface area contributed by atoms with Crippen molar-refractivity contribution in [3.63, 3.8) is 0 Å². The van der Waals surface area contributed by atoms with Crippen LogP contribution in [-0.4, -0.2) is 21.6 Å². The Hall–Kier alpha value is -3.08. The molecule has 140 valence electrons. The molecule has 0 unspecified atom stereocenters. The van der Waals surface area contributed by atoms with E-state index in [0.29, 0.717) is 22.0 Å². The highest BCUT2D eigenvalue weighted by Crippen LogP contribution is 2.23. The molecule has 1 aromatic heterocycles. The van der Waals surface area contributed by atoms with Gasteiger partial charge in [-0.15, -0.1) is 0 Å². The number of benzene rings is 2. The molecule has 0 fully saturated rings. The minimum absolute atomic E-state index is 0.0367. The molecule has 6 nitrogen and oxygen atoms in total. The lowest BCUT2D eigenvalue weighted by atomic mass is 10.1. The lowest BCUT2D eigenvalue weighted by Gasteiger charge is -2.09. The summed E-state index contributed by atoms with van der Waals surface area (Å²) >= 11 is 7.04. The van der Waals surface area contributed by atoms with E-state index in [1.807, 2.05) is 25.1 Å². The monoisotopic (exact) mass is 410 g/mol. The molecule has 3 rings (SSSR count). The Labute approximate surface area is 170 Å². The summed E-state index contributed by atoms with van der Waals surface area (Å²) in [5, 5.41) is 12.9. The molecular formula is C20H15ClN4O2S. The molecule has 0 atom stereocenters. The average Bonchev–Trinajstić information content (AvgIpc) is 2.69. The van der Waals surface area contributed by atoms with Crippen molar-refractivity contribution in [2.75, 3.05) is 11.1 Å². The average molecular weight is 411 g/mol. The van der Waals surface area contributed by atoms with Crippen LogP contribution in [0.3, 0.4) is 0 Å². The molecule has 8 heteroatoms. The minimum atomic E-state index is -0.537. The van der Waals surface area contributed by atoms with Gasteiger partial charge in [0.05, 0.1) is 11.4 Å². The zero-order chi connectivity index (χ0) is 20.1. The maximum absolute atomic E-state index is 12.3.